The Balaban J connectivity index is 2.24. The van der Waals surface area contributed by atoms with Gasteiger partial charge in [-0.2, -0.15) is 0 Å². The number of carboxylic acids is 1. The molecule has 0 aliphatic heterocycles. The van der Waals surface area contributed by atoms with Crippen LogP contribution in [0.3, 0.4) is 0 Å². The standard InChI is InChI=1S/C16H20N2O3/c1-4-10(2)14(16(20)21)17-15(19)12-6-5-11-7-8-18(3)13(11)9-12/h5-10,14H,4H2,1-3H3,(H,17,19)(H,20,21)/t10-,14+/m1/s1. The summed E-state index contributed by atoms with van der Waals surface area (Å²) in [5.41, 5.74) is 1.41. The van der Waals surface area contributed by atoms with Gasteiger partial charge in [0.25, 0.3) is 5.91 Å². The van der Waals surface area contributed by atoms with Crippen LogP contribution in [0.2, 0.25) is 0 Å². The van der Waals surface area contributed by atoms with E-state index in [4.69, 9.17) is 0 Å². The quantitative estimate of drug-likeness (QED) is 0.887. The van der Waals surface area contributed by atoms with Crippen molar-refractivity contribution < 1.29 is 14.7 Å². The van der Waals surface area contributed by atoms with Gasteiger partial charge in [0.2, 0.25) is 0 Å². The molecule has 0 saturated heterocycles. The molecule has 112 valence electrons. The van der Waals surface area contributed by atoms with E-state index in [0.29, 0.717) is 12.0 Å². The van der Waals surface area contributed by atoms with Gasteiger partial charge in [-0.15, -0.1) is 0 Å². The van der Waals surface area contributed by atoms with Crippen molar-refractivity contribution in [1.82, 2.24) is 9.88 Å². The van der Waals surface area contributed by atoms with E-state index in [-0.39, 0.29) is 11.8 Å². The molecule has 1 amide bonds. The normalized spacial score (nSPS) is 13.9. The fourth-order valence-electron chi connectivity index (χ4n) is 2.31. The Morgan fingerprint density at radius 2 is 2.05 bits per heavy atom. The van der Waals surface area contributed by atoms with Gasteiger partial charge in [-0.05, 0) is 29.5 Å². The van der Waals surface area contributed by atoms with Crippen LogP contribution in [-0.4, -0.2) is 27.6 Å². The van der Waals surface area contributed by atoms with E-state index in [0.717, 1.165) is 10.9 Å². The van der Waals surface area contributed by atoms with Gasteiger partial charge in [0.05, 0.1) is 0 Å². The number of amides is 1. The van der Waals surface area contributed by atoms with Gasteiger partial charge < -0.3 is 15.0 Å². The number of hydrogen-bond acceptors (Lipinski definition) is 2. The van der Waals surface area contributed by atoms with E-state index in [9.17, 15) is 14.7 Å². The molecular formula is C16H20N2O3. The molecular weight excluding hydrogens is 268 g/mol. The summed E-state index contributed by atoms with van der Waals surface area (Å²) in [5.74, 6) is -1.48. The maximum absolute atomic E-state index is 12.3. The third kappa shape index (κ3) is 3.07. The van der Waals surface area contributed by atoms with Gasteiger partial charge in [-0.3, -0.25) is 4.79 Å². The highest BCUT2D eigenvalue weighted by atomic mass is 16.4. The Kier molecular flexibility index (Phi) is 4.31. The SMILES string of the molecule is CC[C@@H](C)[C@H](NC(=O)c1ccc2ccn(C)c2c1)C(=O)O. The first-order valence-electron chi connectivity index (χ1n) is 7.02. The van der Waals surface area contributed by atoms with Crippen LogP contribution in [0.5, 0.6) is 0 Å². The molecule has 2 rings (SSSR count). The minimum Gasteiger partial charge on any atom is -0.480 e. The van der Waals surface area contributed by atoms with E-state index in [1.807, 2.05) is 43.8 Å². The number of carbonyl (C=O) groups excluding carboxylic acids is 1. The van der Waals surface area contributed by atoms with E-state index < -0.39 is 12.0 Å². The lowest BCUT2D eigenvalue weighted by Crippen LogP contribution is -2.45. The lowest BCUT2D eigenvalue weighted by Gasteiger charge is -2.20. The molecule has 1 aromatic carbocycles. The summed E-state index contributed by atoms with van der Waals surface area (Å²) >= 11 is 0. The Morgan fingerprint density at radius 3 is 2.67 bits per heavy atom. The van der Waals surface area contributed by atoms with E-state index in [2.05, 4.69) is 5.32 Å². The summed E-state index contributed by atoms with van der Waals surface area (Å²) in [5, 5.41) is 12.9. The minimum absolute atomic E-state index is 0.120. The number of nitrogens with zero attached hydrogens (tertiary/aromatic N) is 1. The predicted octanol–water partition coefficient (Wildman–Crippen LogP) is 2.41. The average molecular weight is 288 g/mol. The molecule has 21 heavy (non-hydrogen) atoms. The Bertz CT molecular complexity index is 675. The van der Waals surface area contributed by atoms with Gasteiger partial charge in [0, 0.05) is 24.3 Å². The number of carbonyl (C=O) groups is 2. The predicted molar refractivity (Wildman–Crippen MR) is 81.3 cm³/mol. The molecule has 2 N–H and O–H groups in total. The Morgan fingerprint density at radius 1 is 1.33 bits per heavy atom. The van der Waals surface area contributed by atoms with E-state index >= 15 is 0 Å². The van der Waals surface area contributed by atoms with Crippen LogP contribution in [0.1, 0.15) is 30.6 Å². The summed E-state index contributed by atoms with van der Waals surface area (Å²) in [4.78, 5) is 23.5. The number of fused-ring (bicyclic) bond motifs is 1. The van der Waals surface area contributed by atoms with Crippen molar-refractivity contribution in [2.75, 3.05) is 0 Å². The summed E-state index contributed by atoms with van der Waals surface area (Å²) < 4.78 is 1.93. The molecule has 0 aliphatic carbocycles. The van der Waals surface area contributed by atoms with Crippen LogP contribution in [0.15, 0.2) is 30.5 Å². The lowest BCUT2D eigenvalue weighted by molar-refractivity contribution is -0.140. The van der Waals surface area contributed by atoms with Gasteiger partial charge in [0.15, 0.2) is 0 Å². The van der Waals surface area contributed by atoms with E-state index in [1.165, 1.54) is 0 Å². The highest BCUT2D eigenvalue weighted by Gasteiger charge is 2.25. The third-order valence-corrected chi connectivity index (χ3v) is 3.92. The fourth-order valence-corrected chi connectivity index (χ4v) is 2.31. The zero-order valence-corrected chi connectivity index (χ0v) is 12.5. The number of nitrogens with one attached hydrogen (secondary N) is 1. The summed E-state index contributed by atoms with van der Waals surface area (Å²) in [6, 6.07) is 6.46. The molecule has 0 bridgehead atoms. The van der Waals surface area contributed by atoms with Crippen LogP contribution >= 0.6 is 0 Å². The molecule has 1 heterocycles. The van der Waals surface area contributed by atoms with Crippen LogP contribution < -0.4 is 5.32 Å². The molecule has 5 nitrogen and oxygen atoms in total. The van der Waals surface area contributed by atoms with Crippen molar-refractivity contribution in [3.63, 3.8) is 0 Å². The summed E-state index contributed by atoms with van der Waals surface area (Å²) in [7, 11) is 1.91. The van der Waals surface area contributed by atoms with Gasteiger partial charge >= 0.3 is 5.97 Å². The zero-order chi connectivity index (χ0) is 15.6. The number of aryl methyl sites for hydroxylation is 1. The lowest BCUT2D eigenvalue weighted by atomic mass is 9.99. The zero-order valence-electron chi connectivity index (χ0n) is 12.5. The molecule has 0 spiro atoms. The largest absolute Gasteiger partial charge is 0.480 e. The summed E-state index contributed by atoms with van der Waals surface area (Å²) in [6.07, 6.45) is 2.61. The molecule has 2 atom stereocenters. The van der Waals surface area contributed by atoms with Gasteiger partial charge in [0.1, 0.15) is 6.04 Å². The number of benzene rings is 1. The Labute approximate surface area is 123 Å². The van der Waals surface area contributed by atoms with Crippen LogP contribution in [0.4, 0.5) is 0 Å². The topological polar surface area (TPSA) is 71.3 Å². The first-order chi connectivity index (χ1) is 9.93. The van der Waals surface area contributed by atoms with Crippen LogP contribution in [-0.2, 0) is 11.8 Å². The molecule has 0 aliphatic rings. The number of carboxylic acid groups (broad SMARTS) is 1. The second-order valence-electron chi connectivity index (χ2n) is 5.38. The second-order valence-corrected chi connectivity index (χ2v) is 5.38. The molecule has 0 unspecified atom stereocenters. The highest BCUT2D eigenvalue weighted by molar-refractivity contribution is 5.99. The maximum atomic E-state index is 12.3. The van der Waals surface area contributed by atoms with Crippen molar-refractivity contribution in [2.24, 2.45) is 13.0 Å². The van der Waals surface area contributed by atoms with Crippen molar-refractivity contribution >= 4 is 22.8 Å². The Hall–Kier alpha value is -2.30. The van der Waals surface area contributed by atoms with E-state index in [1.54, 1.807) is 12.1 Å². The summed E-state index contributed by atoms with van der Waals surface area (Å²) in [6.45, 7) is 3.72. The van der Waals surface area contributed by atoms with Crippen molar-refractivity contribution in [2.45, 2.75) is 26.3 Å². The van der Waals surface area contributed by atoms with Crippen molar-refractivity contribution in [3.05, 3.63) is 36.0 Å². The molecule has 0 fully saturated rings. The van der Waals surface area contributed by atoms with Crippen molar-refractivity contribution in [1.29, 1.82) is 0 Å². The number of rotatable bonds is 5. The van der Waals surface area contributed by atoms with Gasteiger partial charge in [-0.1, -0.05) is 26.3 Å². The molecule has 5 heteroatoms. The number of aromatic nitrogens is 1. The third-order valence-electron chi connectivity index (χ3n) is 3.92. The highest BCUT2D eigenvalue weighted by Crippen LogP contribution is 2.17. The number of aliphatic carboxylic acids is 1. The second kappa shape index (κ2) is 5.99. The first kappa shape index (κ1) is 15.1. The fraction of sp³-hybridized carbons (Fsp3) is 0.375. The monoisotopic (exact) mass is 288 g/mol. The molecule has 1 aromatic heterocycles. The smallest absolute Gasteiger partial charge is 0.326 e. The minimum atomic E-state index is -1.00. The van der Waals surface area contributed by atoms with Crippen LogP contribution in [0, 0.1) is 5.92 Å². The van der Waals surface area contributed by atoms with Gasteiger partial charge in [-0.25, -0.2) is 4.79 Å². The first-order valence-corrected chi connectivity index (χ1v) is 7.02. The van der Waals surface area contributed by atoms with Crippen LogP contribution in [0.25, 0.3) is 10.9 Å². The molecule has 0 saturated carbocycles. The molecule has 2 aromatic rings. The average Bonchev–Trinajstić information content (AvgIpc) is 2.84. The maximum Gasteiger partial charge on any atom is 0.326 e. The van der Waals surface area contributed by atoms with Crippen molar-refractivity contribution in [3.8, 4) is 0 Å². The molecule has 0 radical (unpaired) electrons. The number of hydrogen-bond donors (Lipinski definition) is 2.